The van der Waals surface area contributed by atoms with Crippen molar-refractivity contribution in [3.8, 4) is 0 Å². The third-order valence-electron chi connectivity index (χ3n) is 27.1. The lowest BCUT2D eigenvalue weighted by Crippen LogP contribution is -2.38. The molecule has 0 unspecified atom stereocenters. The molecule has 0 atom stereocenters. The van der Waals surface area contributed by atoms with E-state index in [4.69, 9.17) is 0 Å². The van der Waals surface area contributed by atoms with E-state index in [1.165, 1.54) is 32.3 Å². The van der Waals surface area contributed by atoms with E-state index in [1.54, 1.807) is 319 Å². The lowest BCUT2D eigenvalue weighted by molar-refractivity contribution is 0.572. The van der Waals surface area contributed by atoms with Crippen LogP contribution in [0.1, 0.15) is 33.7 Å². The second kappa shape index (κ2) is 6.55. The molecule has 0 aliphatic heterocycles. The van der Waals surface area contributed by atoms with Gasteiger partial charge < -0.3 is 0 Å². The molecule has 0 radical (unpaired) electrons. The fourth-order valence-corrected chi connectivity index (χ4v) is 26.7. The zero-order valence-corrected chi connectivity index (χ0v) is 38.8. The summed E-state index contributed by atoms with van der Waals surface area (Å²) >= 11 is 0. The predicted octanol–water partition coefficient (Wildman–Crippen LogP) is 21.1. The average Bonchev–Trinajstić information content (AvgIpc) is 3.85. The summed E-state index contributed by atoms with van der Waals surface area (Å²) in [6.07, 6.45) is 0. The molecule has 32 aromatic carbocycles. The maximum Gasteiger partial charge on any atom is 0.0592 e. The quantitative estimate of drug-likeness (QED) is 0.144. The van der Waals surface area contributed by atoms with Gasteiger partial charge in [-0.1, -0.05) is 54.6 Å². The second-order valence-electron chi connectivity index (χ2n) is 27.5. The summed E-state index contributed by atoms with van der Waals surface area (Å²) < 4.78 is 0. The van der Waals surface area contributed by atoms with Crippen LogP contribution in [0.15, 0.2) is 54.6 Å². The van der Waals surface area contributed by atoms with Gasteiger partial charge in [-0.15, -0.1) is 0 Å². The standard InChI is InChI=1S/C76H10/c1-2-10-4-5-12-7-9-14(13-8-6-11(3-1)15(10)16(12)13)76-73-69-63-49-41-33-21-18-17-19-22(21)34-36-32-26(19)28-24-20(17)23-27-25(18)31-35(33)47(49)55-53-39(31)37(27)45-43-29(23)30(24)44-46-38(28)40(32)54-56-48(36)50(42(34)41)64(63)70(73)66(56)68-60(54)58(46)62-52(44)51(43)61-57(45)59(53)67(65(55)69)74(76)71(61)72(62)75(68)76/h1-9,73H. The molecule has 0 saturated carbocycles. The minimum Gasteiger partial charge on any atom is -0.0610 e. The maximum absolute atomic E-state index is 2.73. The fraction of sp³-hybridized carbons (Fsp3) is 0.0263. The van der Waals surface area contributed by atoms with Crippen molar-refractivity contribution in [2.45, 2.75) is 11.3 Å². The highest BCUT2D eigenvalue weighted by Gasteiger charge is 2.64. The van der Waals surface area contributed by atoms with Crippen LogP contribution in [0, 0.1) is 0 Å². The van der Waals surface area contributed by atoms with Gasteiger partial charge in [0.25, 0.3) is 0 Å². The molecule has 0 N–H and O–H groups in total. The Morgan fingerprint density at radius 1 is 0.184 bits per heavy atom. The molecule has 4 aliphatic carbocycles. The highest BCUT2D eigenvalue weighted by Crippen LogP contribution is 2.84. The summed E-state index contributed by atoms with van der Waals surface area (Å²) in [4.78, 5) is 0. The first-order valence-corrected chi connectivity index (χ1v) is 28.3. The number of rotatable bonds is 1. The summed E-state index contributed by atoms with van der Waals surface area (Å²) in [6, 6.07) is 22.3. The Morgan fingerprint density at radius 2 is 0.408 bits per heavy atom. The van der Waals surface area contributed by atoms with E-state index in [0.29, 0.717) is 0 Å². The largest absolute Gasteiger partial charge is 0.0610 e. The second-order valence-corrected chi connectivity index (χ2v) is 27.5. The fourth-order valence-electron chi connectivity index (χ4n) is 26.7. The molecular formula is C76H10. The molecule has 0 amide bonds. The van der Waals surface area contributed by atoms with Crippen molar-refractivity contribution in [1.29, 1.82) is 0 Å². The SMILES string of the molecule is c1cc2ccc3ccc(C45c6c7c8c9c%10c%11c(c%12c%13c4c4c6c6c%14c7c7c8c8c%10c%10c%15c%11c%11c%12c%12c%13c%13c4c4c6c6c%14c%14c7c7c8c%10c8c%10c%15c%11c%11c%12c%12c%13c4c4c6c6c%14c7c8c7c%10c%11c%12c4c67)C95)c4ccc(c1)c2c34. The zero-order chi connectivity index (χ0) is 45.0. The molecule has 0 heterocycles. The van der Waals surface area contributed by atoms with E-state index in [1.807, 2.05) is 0 Å². The van der Waals surface area contributed by atoms with Gasteiger partial charge in [-0.2, -0.15) is 0 Å². The first-order valence-electron chi connectivity index (χ1n) is 28.3. The van der Waals surface area contributed by atoms with E-state index < -0.39 is 5.41 Å². The molecule has 0 spiro atoms. The number of hydrogen-bond acceptors (Lipinski definition) is 0. The third-order valence-corrected chi connectivity index (χ3v) is 27.1. The van der Waals surface area contributed by atoms with Crippen LogP contribution in [0.3, 0.4) is 0 Å². The smallest absolute Gasteiger partial charge is 0.0592 e. The van der Waals surface area contributed by atoms with Gasteiger partial charge in [-0.25, -0.2) is 0 Å². The Labute approximate surface area is 414 Å². The van der Waals surface area contributed by atoms with Gasteiger partial charge in [-0.05, 0) is 351 Å². The van der Waals surface area contributed by atoms with E-state index in [0.717, 1.165) is 0 Å². The van der Waals surface area contributed by atoms with Crippen LogP contribution in [-0.4, -0.2) is 0 Å². The monoisotopic (exact) mass is 922 g/mol. The molecule has 76 heavy (non-hydrogen) atoms. The molecule has 0 bridgehead atoms. The average molecular weight is 923 g/mol. The van der Waals surface area contributed by atoms with Crippen LogP contribution in [-0.2, 0) is 5.41 Å². The van der Waals surface area contributed by atoms with Gasteiger partial charge in [0.2, 0.25) is 0 Å². The van der Waals surface area contributed by atoms with E-state index in [9.17, 15) is 0 Å². The van der Waals surface area contributed by atoms with Crippen LogP contribution in [0.2, 0.25) is 0 Å². The van der Waals surface area contributed by atoms with Gasteiger partial charge in [0, 0.05) is 5.92 Å². The highest BCUT2D eigenvalue weighted by atomic mass is 14.6. The van der Waals surface area contributed by atoms with Crippen LogP contribution >= 0.6 is 0 Å². The van der Waals surface area contributed by atoms with Crippen molar-refractivity contribution in [1.82, 2.24) is 0 Å². The zero-order valence-electron chi connectivity index (χ0n) is 38.8. The highest BCUT2D eigenvalue weighted by molar-refractivity contribution is 6.82. The Hall–Kier alpha value is -9.62. The minimum absolute atomic E-state index is 0.177. The Balaban J connectivity index is 1.09. The van der Waals surface area contributed by atoms with Crippen molar-refractivity contribution < 1.29 is 0 Å². The molecule has 0 saturated heterocycles. The van der Waals surface area contributed by atoms with Crippen molar-refractivity contribution in [2.75, 3.05) is 0 Å². The first kappa shape index (κ1) is 28.2. The Bertz CT molecular complexity index is 8030. The predicted molar refractivity (Wildman–Crippen MR) is 324 cm³/mol. The van der Waals surface area contributed by atoms with Gasteiger partial charge in [0.1, 0.15) is 0 Å². The molecule has 0 fully saturated rings. The lowest BCUT2D eigenvalue weighted by Gasteiger charge is -2.46. The third kappa shape index (κ3) is 1.56. The summed E-state index contributed by atoms with van der Waals surface area (Å²) in [5.41, 5.74) is 8.08. The lowest BCUT2D eigenvalue weighted by atomic mass is 9.54. The van der Waals surface area contributed by atoms with Crippen molar-refractivity contribution in [3.05, 3.63) is 82.4 Å². The van der Waals surface area contributed by atoms with Gasteiger partial charge in [-0.3, -0.25) is 0 Å². The number of hydrogen-bond donors (Lipinski definition) is 0. The van der Waals surface area contributed by atoms with Crippen molar-refractivity contribution in [3.63, 3.8) is 0 Å². The molecule has 0 nitrogen and oxygen atoms in total. The van der Waals surface area contributed by atoms with E-state index >= 15 is 0 Å². The molecule has 314 valence electrons. The number of benzene rings is 22. The van der Waals surface area contributed by atoms with Crippen molar-refractivity contribution in [2.24, 2.45) is 0 Å². The summed E-state index contributed by atoms with van der Waals surface area (Å²) in [5, 5.41) is 98.3. The van der Waals surface area contributed by atoms with Crippen LogP contribution in [0.5, 0.6) is 0 Å². The maximum atomic E-state index is 2.73. The normalized spacial score (nSPS) is 20.3. The molecule has 36 rings (SSSR count). The van der Waals surface area contributed by atoms with Gasteiger partial charge >= 0.3 is 0 Å². The molecule has 0 aromatic heterocycles. The molecule has 0 heteroatoms. The van der Waals surface area contributed by atoms with Crippen LogP contribution < -0.4 is 0 Å². The van der Waals surface area contributed by atoms with Crippen molar-refractivity contribution >= 4 is 323 Å². The Kier molecular flexibility index (Phi) is 2.43. The minimum atomic E-state index is -0.423. The Morgan fingerprint density at radius 3 is 0.724 bits per heavy atom. The summed E-state index contributed by atoms with van der Waals surface area (Å²) in [5.74, 6) is 0.177. The van der Waals surface area contributed by atoms with E-state index in [-0.39, 0.29) is 5.92 Å². The van der Waals surface area contributed by atoms with Crippen LogP contribution in [0.25, 0.3) is 323 Å². The van der Waals surface area contributed by atoms with E-state index in [2.05, 4.69) is 54.6 Å². The molecular weight excluding hydrogens is 913 g/mol. The molecule has 4 aliphatic rings. The van der Waals surface area contributed by atoms with Crippen LogP contribution in [0.4, 0.5) is 0 Å². The van der Waals surface area contributed by atoms with Gasteiger partial charge in [0.15, 0.2) is 0 Å². The first-order chi connectivity index (χ1) is 37.9. The molecule has 32 aromatic rings. The summed E-state index contributed by atoms with van der Waals surface area (Å²) in [7, 11) is 0. The summed E-state index contributed by atoms with van der Waals surface area (Å²) in [6.45, 7) is 0. The van der Waals surface area contributed by atoms with Gasteiger partial charge in [0.05, 0.1) is 5.41 Å². The topological polar surface area (TPSA) is 0 Å².